The topological polar surface area (TPSA) is 73.0 Å². The van der Waals surface area contributed by atoms with E-state index in [0.29, 0.717) is 0 Å². The smallest absolute Gasteiger partial charge is 0.186 e. The predicted octanol–water partition coefficient (Wildman–Crippen LogP) is 1.82. The lowest BCUT2D eigenvalue weighted by molar-refractivity contribution is 0.583. The lowest BCUT2D eigenvalue weighted by Crippen LogP contribution is -2.09. The molecule has 6 heteroatoms. The summed E-state index contributed by atoms with van der Waals surface area (Å²) >= 11 is 0. The Bertz CT molecular complexity index is 1000. The Kier molecular flexibility index (Phi) is 2.22. The number of hydrogen-bond donors (Lipinski definition) is 1. The van der Waals surface area contributed by atoms with Crippen LogP contribution in [-0.2, 0) is 9.84 Å². The van der Waals surface area contributed by atoms with Gasteiger partial charge in [-0.15, -0.1) is 0 Å². The van der Waals surface area contributed by atoms with Crippen molar-refractivity contribution in [1.82, 2.24) is 4.98 Å². The molecule has 2 rings (SSSR count). The predicted molar refractivity (Wildman–Crippen MR) is 72.0 cm³/mol. The van der Waals surface area contributed by atoms with Gasteiger partial charge in [0.05, 0.1) is 18.6 Å². The van der Waals surface area contributed by atoms with Crippen LogP contribution in [0.15, 0.2) is 53.2 Å². The molecule has 2 N–H and O–H groups in total. The van der Waals surface area contributed by atoms with Crippen molar-refractivity contribution in [3.63, 3.8) is 0 Å². The molecule has 0 fully saturated rings. The molecule has 19 heavy (non-hydrogen) atoms. The summed E-state index contributed by atoms with van der Waals surface area (Å²) in [5.74, 6) is -2.20. The number of halogens is 1. The SMILES string of the molecule is [2H]c1nc2c(S(=O)(=O)C/C(F)=C/CN)c([2H])c([2H])c([2H])c2c([2H])c1[2H]. The van der Waals surface area contributed by atoms with Crippen molar-refractivity contribution in [2.75, 3.05) is 12.3 Å². The maximum Gasteiger partial charge on any atom is 0.186 e. The van der Waals surface area contributed by atoms with E-state index in [9.17, 15) is 12.8 Å². The molecule has 0 aliphatic rings. The van der Waals surface area contributed by atoms with Gasteiger partial charge in [0.15, 0.2) is 9.84 Å². The van der Waals surface area contributed by atoms with Crippen molar-refractivity contribution in [3.8, 4) is 0 Å². The van der Waals surface area contributed by atoms with Crippen LogP contribution in [0.2, 0.25) is 0 Å². The molecular formula is C13H13FN2O2S. The van der Waals surface area contributed by atoms with Crippen molar-refractivity contribution < 1.29 is 21.0 Å². The zero-order chi connectivity index (χ0) is 19.1. The lowest BCUT2D eigenvalue weighted by Gasteiger charge is -2.06. The van der Waals surface area contributed by atoms with Crippen LogP contribution in [0.5, 0.6) is 0 Å². The second-order valence-electron chi connectivity index (χ2n) is 3.55. The van der Waals surface area contributed by atoms with Crippen molar-refractivity contribution >= 4 is 20.7 Å². The summed E-state index contributed by atoms with van der Waals surface area (Å²) in [5, 5.41) is -0.441. The lowest BCUT2D eigenvalue weighted by atomic mass is 10.2. The van der Waals surface area contributed by atoms with E-state index in [4.69, 9.17) is 14.0 Å². The van der Waals surface area contributed by atoms with Gasteiger partial charge in [0.1, 0.15) is 11.6 Å². The van der Waals surface area contributed by atoms with E-state index in [2.05, 4.69) is 4.98 Å². The second kappa shape index (κ2) is 5.46. The van der Waals surface area contributed by atoms with Gasteiger partial charge in [0.25, 0.3) is 0 Å². The van der Waals surface area contributed by atoms with Crippen molar-refractivity contribution in [3.05, 3.63) is 48.3 Å². The summed E-state index contributed by atoms with van der Waals surface area (Å²) in [6.45, 7) is -0.237. The number of aromatic nitrogens is 1. The Morgan fingerprint density at radius 1 is 1.42 bits per heavy atom. The number of fused-ring (bicyclic) bond motifs is 1. The van der Waals surface area contributed by atoms with Crippen molar-refractivity contribution in [2.24, 2.45) is 5.73 Å². The van der Waals surface area contributed by atoms with Crippen LogP contribution in [0, 0.1) is 0 Å². The third-order valence-electron chi connectivity index (χ3n) is 2.20. The van der Waals surface area contributed by atoms with Crippen LogP contribution in [0.25, 0.3) is 10.9 Å². The highest BCUT2D eigenvalue weighted by atomic mass is 32.2. The molecule has 100 valence electrons. The van der Waals surface area contributed by atoms with E-state index in [1.165, 1.54) is 0 Å². The molecule has 0 saturated carbocycles. The monoisotopic (exact) mass is 286 g/mol. The minimum absolute atomic E-state index is 0.237. The van der Waals surface area contributed by atoms with Crippen LogP contribution in [0.3, 0.4) is 0 Å². The first-order chi connectivity index (χ1) is 11.5. The van der Waals surface area contributed by atoms with Gasteiger partial charge in [-0.3, -0.25) is 4.98 Å². The average Bonchev–Trinajstić information content (AvgIpc) is 2.49. The van der Waals surface area contributed by atoms with Gasteiger partial charge in [-0.1, -0.05) is 18.1 Å². The molecule has 1 heterocycles. The first-order valence-electron chi connectivity index (χ1n) is 8.17. The molecule has 0 bridgehead atoms. The molecule has 0 saturated heterocycles. The number of nitrogens with zero attached hydrogens (tertiary/aromatic N) is 1. The maximum atomic E-state index is 13.7. The van der Waals surface area contributed by atoms with Gasteiger partial charge in [0, 0.05) is 18.1 Å². The first kappa shape index (κ1) is 7.72. The van der Waals surface area contributed by atoms with Crippen molar-refractivity contribution in [1.29, 1.82) is 0 Å². The molecule has 0 atom stereocenters. The van der Waals surface area contributed by atoms with E-state index in [0.717, 1.165) is 6.08 Å². The van der Waals surface area contributed by atoms with Crippen LogP contribution in [0.1, 0.15) is 8.22 Å². The molecule has 0 radical (unpaired) electrons. The summed E-state index contributed by atoms with van der Waals surface area (Å²) in [6.07, 6.45) is 0.119. The Morgan fingerprint density at radius 2 is 2.16 bits per heavy atom. The summed E-state index contributed by atoms with van der Waals surface area (Å²) in [6, 6.07) is -3.61. The molecule has 2 aromatic rings. The third kappa shape index (κ3) is 2.97. The second-order valence-corrected chi connectivity index (χ2v) is 5.47. The molecule has 4 nitrogen and oxygen atoms in total. The molecular weight excluding hydrogens is 267 g/mol. The summed E-state index contributed by atoms with van der Waals surface area (Å²) < 4.78 is 85.1. The van der Waals surface area contributed by atoms with Crippen molar-refractivity contribution in [2.45, 2.75) is 4.90 Å². The average molecular weight is 286 g/mol. The summed E-state index contributed by atoms with van der Waals surface area (Å²) in [5.41, 5.74) is 4.56. The molecule has 0 unspecified atom stereocenters. The normalized spacial score (nSPS) is 17.3. The largest absolute Gasteiger partial charge is 0.327 e. The third-order valence-corrected chi connectivity index (χ3v) is 3.78. The number of para-hydroxylation sites is 1. The number of pyridine rings is 1. The maximum absolute atomic E-state index is 13.7. The molecule has 0 amide bonds. The van der Waals surface area contributed by atoms with E-state index in [1.807, 2.05) is 0 Å². The highest BCUT2D eigenvalue weighted by Gasteiger charge is 2.20. The highest BCUT2D eigenvalue weighted by molar-refractivity contribution is 7.91. The number of benzene rings is 1. The number of hydrogen-bond acceptors (Lipinski definition) is 4. The van der Waals surface area contributed by atoms with E-state index < -0.39 is 73.6 Å². The molecule has 1 aromatic carbocycles. The van der Waals surface area contributed by atoms with Crippen LogP contribution < -0.4 is 5.73 Å². The summed E-state index contributed by atoms with van der Waals surface area (Å²) in [7, 11) is -4.50. The fraction of sp³-hybridized carbons (Fsp3) is 0.154. The fourth-order valence-electron chi connectivity index (χ4n) is 1.42. The van der Waals surface area contributed by atoms with Gasteiger partial charge in [-0.05, 0) is 18.2 Å². The standard InChI is InChI=1S/C13H13FN2O2S/c14-11(6-7-15)9-19(17,18)12-5-1-3-10-4-2-8-16-13(10)12/h1-6,8H,7,9,15H2/b11-6-/i1D,2D,3D,4D,5D,8D. The Balaban J connectivity index is 2.96. The highest BCUT2D eigenvalue weighted by Crippen LogP contribution is 2.23. The molecule has 0 aliphatic carbocycles. The quantitative estimate of drug-likeness (QED) is 0.930. The Labute approximate surface area is 119 Å². The van der Waals surface area contributed by atoms with Crippen LogP contribution in [-0.4, -0.2) is 25.7 Å². The van der Waals surface area contributed by atoms with E-state index >= 15 is 0 Å². The fourth-order valence-corrected chi connectivity index (χ4v) is 2.69. The van der Waals surface area contributed by atoms with Crippen LogP contribution >= 0.6 is 0 Å². The minimum Gasteiger partial charge on any atom is -0.327 e. The van der Waals surface area contributed by atoms with Gasteiger partial charge in [0.2, 0.25) is 0 Å². The Hall–Kier alpha value is -1.79. The Morgan fingerprint density at radius 3 is 2.89 bits per heavy atom. The summed E-state index contributed by atoms with van der Waals surface area (Å²) in [4.78, 5) is 2.77. The van der Waals surface area contributed by atoms with Gasteiger partial charge in [-0.25, -0.2) is 12.8 Å². The van der Waals surface area contributed by atoms with Gasteiger partial charge >= 0.3 is 0 Å². The molecule has 1 aromatic heterocycles. The number of rotatable bonds is 4. The number of nitrogens with two attached hydrogens (primary N) is 1. The zero-order valence-electron chi connectivity index (χ0n) is 15.6. The molecule has 0 aliphatic heterocycles. The van der Waals surface area contributed by atoms with Crippen LogP contribution in [0.4, 0.5) is 4.39 Å². The van der Waals surface area contributed by atoms with E-state index in [-0.39, 0.29) is 6.54 Å². The zero-order valence-corrected chi connectivity index (χ0v) is 10.4. The minimum atomic E-state index is -4.50. The first-order valence-corrected chi connectivity index (χ1v) is 6.82. The van der Waals surface area contributed by atoms with Gasteiger partial charge < -0.3 is 5.73 Å². The number of sulfone groups is 1. The van der Waals surface area contributed by atoms with Gasteiger partial charge in [-0.2, -0.15) is 0 Å². The molecule has 0 spiro atoms. The van der Waals surface area contributed by atoms with E-state index in [1.54, 1.807) is 0 Å².